The first-order chi connectivity index (χ1) is 8.75. The van der Waals surface area contributed by atoms with Gasteiger partial charge < -0.3 is 10.1 Å². The molecule has 0 bridgehead atoms. The molecule has 0 aliphatic carbocycles. The van der Waals surface area contributed by atoms with Gasteiger partial charge in [-0.1, -0.05) is 13.8 Å². The first kappa shape index (κ1) is 13.4. The summed E-state index contributed by atoms with van der Waals surface area (Å²) in [7, 11) is 0. The molecule has 0 saturated heterocycles. The summed E-state index contributed by atoms with van der Waals surface area (Å²) in [5.41, 5.74) is 2.10. The summed E-state index contributed by atoms with van der Waals surface area (Å²) in [6.07, 6.45) is 4.77. The molecular weight excluding hydrogens is 226 g/mol. The molecule has 2 heterocycles. The zero-order valence-corrected chi connectivity index (χ0v) is 11.6. The van der Waals surface area contributed by atoms with Crippen LogP contribution < -0.4 is 5.32 Å². The highest BCUT2D eigenvalue weighted by Crippen LogP contribution is 2.31. The van der Waals surface area contributed by atoms with E-state index in [4.69, 9.17) is 9.72 Å². The van der Waals surface area contributed by atoms with E-state index in [1.54, 1.807) is 0 Å². The largest absolute Gasteiger partial charge is 0.367 e. The van der Waals surface area contributed by atoms with Crippen LogP contribution in [0.2, 0.25) is 0 Å². The highest BCUT2D eigenvalue weighted by Gasteiger charge is 2.32. The Kier molecular flexibility index (Phi) is 4.30. The number of aromatic nitrogens is 2. The summed E-state index contributed by atoms with van der Waals surface area (Å²) in [6, 6.07) is 0. The average Bonchev–Trinajstić information content (AvgIpc) is 2.44. The van der Waals surface area contributed by atoms with Gasteiger partial charge in [0.25, 0.3) is 0 Å². The van der Waals surface area contributed by atoms with Gasteiger partial charge in [0.2, 0.25) is 0 Å². The molecule has 0 amide bonds. The third-order valence-corrected chi connectivity index (χ3v) is 3.78. The summed E-state index contributed by atoms with van der Waals surface area (Å²) in [6.45, 7) is 8.90. The van der Waals surface area contributed by atoms with Crippen LogP contribution in [-0.2, 0) is 23.3 Å². The Hall–Kier alpha value is -1.00. The smallest absolute Gasteiger partial charge is 0.160 e. The molecule has 2 rings (SSSR count). The van der Waals surface area contributed by atoms with Gasteiger partial charge in [-0.2, -0.15) is 0 Å². The van der Waals surface area contributed by atoms with E-state index in [1.165, 1.54) is 11.3 Å². The van der Waals surface area contributed by atoms with Crippen LogP contribution in [0, 0.1) is 0 Å². The third kappa shape index (κ3) is 2.40. The summed E-state index contributed by atoms with van der Waals surface area (Å²) >= 11 is 0. The van der Waals surface area contributed by atoms with Crippen LogP contribution in [0.3, 0.4) is 0 Å². The van der Waals surface area contributed by atoms with Gasteiger partial charge in [0.15, 0.2) is 5.82 Å². The fourth-order valence-electron chi connectivity index (χ4n) is 2.57. The van der Waals surface area contributed by atoms with Crippen molar-refractivity contribution in [3.8, 4) is 0 Å². The maximum Gasteiger partial charge on any atom is 0.160 e. The molecule has 1 aromatic rings. The first-order valence-corrected chi connectivity index (χ1v) is 6.95. The molecule has 1 aliphatic heterocycles. The van der Waals surface area contributed by atoms with Crippen molar-refractivity contribution in [2.24, 2.45) is 0 Å². The van der Waals surface area contributed by atoms with E-state index >= 15 is 0 Å². The number of nitrogens with zero attached hydrogens (tertiary/aromatic N) is 2. The molecule has 0 spiro atoms. The third-order valence-electron chi connectivity index (χ3n) is 3.78. The second-order valence-corrected chi connectivity index (χ2v) is 4.73. The van der Waals surface area contributed by atoms with Gasteiger partial charge in [-0.3, -0.25) is 0 Å². The Bertz CT molecular complexity index is 402. The molecule has 0 radical (unpaired) electrons. The minimum absolute atomic E-state index is 0.311. The van der Waals surface area contributed by atoms with E-state index < -0.39 is 0 Å². The quantitative estimate of drug-likeness (QED) is 0.869. The van der Waals surface area contributed by atoms with E-state index in [9.17, 15) is 0 Å². The molecular formula is C14H23N3O. The van der Waals surface area contributed by atoms with Crippen LogP contribution in [0.5, 0.6) is 0 Å². The van der Waals surface area contributed by atoms with Gasteiger partial charge in [0.1, 0.15) is 5.60 Å². The Morgan fingerprint density at radius 3 is 2.78 bits per heavy atom. The van der Waals surface area contributed by atoms with Crippen molar-refractivity contribution in [3.05, 3.63) is 23.3 Å². The minimum atomic E-state index is -0.311. The molecule has 100 valence electrons. The number of ether oxygens (including phenoxy) is 1. The van der Waals surface area contributed by atoms with Crippen LogP contribution in [0.25, 0.3) is 0 Å². The molecule has 0 saturated carbocycles. The fraction of sp³-hybridized carbons (Fsp3) is 0.714. The lowest BCUT2D eigenvalue weighted by atomic mass is 9.95. The number of rotatable bonds is 5. The molecule has 0 fully saturated rings. The Morgan fingerprint density at radius 2 is 2.11 bits per heavy atom. The van der Waals surface area contributed by atoms with Gasteiger partial charge in [0.05, 0.1) is 0 Å². The van der Waals surface area contributed by atoms with Crippen molar-refractivity contribution < 1.29 is 4.74 Å². The second kappa shape index (κ2) is 5.76. The summed E-state index contributed by atoms with van der Waals surface area (Å²) in [5.74, 6) is 0.856. The van der Waals surface area contributed by atoms with E-state index in [2.05, 4.69) is 24.1 Å². The Balaban J connectivity index is 2.36. The van der Waals surface area contributed by atoms with Crippen LogP contribution in [0.4, 0.5) is 0 Å². The van der Waals surface area contributed by atoms with Crippen molar-refractivity contribution in [1.29, 1.82) is 0 Å². The van der Waals surface area contributed by atoms with Crippen LogP contribution >= 0.6 is 0 Å². The highest BCUT2D eigenvalue weighted by molar-refractivity contribution is 5.22. The van der Waals surface area contributed by atoms with E-state index in [0.29, 0.717) is 6.61 Å². The molecule has 0 atom stereocenters. The number of nitrogens with one attached hydrogen (secondary N) is 1. The number of fused-ring (bicyclic) bond motifs is 1. The standard InChI is InChI=1S/C14H23N3O/c1-4-14(5-2,18-6-3)13-16-10-11-9-15-8-7-12(11)17-13/h10,15H,4-9H2,1-3H3. The fourth-order valence-corrected chi connectivity index (χ4v) is 2.57. The van der Waals surface area contributed by atoms with E-state index in [-0.39, 0.29) is 5.60 Å². The lowest BCUT2D eigenvalue weighted by Gasteiger charge is -2.30. The zero-order valence-electron chi connectivity index (χ0n) is 11.6. The SMILES string of the molecule is CCOC(CC)(CC)c1ncc2c(n1)CCNC2. The molecule has 18 heavy (non-hydrogen) atoms. The normalized spacial score (nSPS) is 15.5. The lowest BCUT2D eigenvalue weighted by Crippen LogP contribution is -2.33. The number of hydrogen-bond donors (Lipinski definition) is 1. The van der Waals surface area contributed by atoms with Gasteiger partial charge in [-0.05, 0) is 19.8 Å². The highest BCUT2D eigenvalue weighted by atomic mass is 16.5. The van der Waals surface area contributed by atoms with Crippen LogP contribution in [0.1, 0.15) is 50.7 Å². The summed E-state index contributed by atoms with van der Waals surface area (Å²) in [4.78, 5) is 9.32. The van der Waals surface area contributed by atoms with Crippen molar-refractivity contribution in [1.82, 2.24) is 15.3 Å². The second-order valence-electron chi connectivity index (χ2n) is 4.73. The monoisotopic (exact) mass is 249 g/mol. The van der Waals surface area contributed by atoms with Gasteiger partial charge in [0, 0.05) is 43.6 Å². The van der Waals surface area contributed by atoms with Crippen molar-refractivity contribution >= 4 is 0 Å². The molecule has 4 nitrogen and oxygen atoms in total. The van der Waals surface area contributed by atoms with Gasteiger partial charge >= 0.3 is 0 Å². The topological polar surface area (TPSA) is 47.0 Å². The maximum absolute atomic E-state index is 5.96. The molecule has 0 aromatic carbocycles. The summed E-state index contributed by atoms with van der Waals surface area (Å²) < 4.78 is 5.96. The van der Waals surface area contributed by atoms with Crippen LogP contribution in [-0.4, -0.2) is 23.1 Å². The molecule has 1 aliphatic rings. The lowest BCUT2D eigenvalue weighted by molar-refractivity contribution is -0.0573. The van der Waals surface area contributed by atoms with Crippen LogP contribution in [0.15, 0.2) is 6.20 Å². The Labute approximate surface area is 109 Å². The van der Waals surface area contributed by atoms with Gasteiger partial charge in [-0.15, -0.1) is 0 Å². The molecule has 0 unspecified atom stereocenters. The maximum atomic E-state index is 5.96. The zero-order chi connectivity index (χ0) is 13.0. The van der Waals surface area contributed by atoms with Gasteiger partial charge in [-0.25, -0.2) is 9.97 Å². The van der Waals surface area contributed by atoms with E-state index in [1.807, 2.05) is 13.1 Å². The Morgan fingerprint density at radius 1 is 1.33 bits per heavy atom. The molecule has 1 N–H and O–H groups in total. The first-order valence-electron chi connectivity index (χ1n) is 6.95. The number of hydrogen-bond acceptors (Lipinski definition) is 4. The summed E-state index contributed by atoms with van der Waals surface area (Å²) in [5, 5.41) is 3.34. The molecule has 4 heteroatoms. The van der Waals surface area contributed by atoms with Crippen molar-refractivity contribution in [3.63, 3.8) is 0 Å². The minimum Gasteiger partial charge on any atom is -0.367 e. The van der Waals surface area contributed by atoms with Crippen molar-refractivity contribution in [2.75, 3.05) is 13.2 Å². The molecule has 1 aromatic heterocycles. The van der Waals surface area contributed by atoms with Crippen molar-refractivity contribution in [2.45, 2.75) is 52.2 Å². The van der Waals surface area contributed by atoms with E-state index in [0.717, 1.165) is 38.2 Å². The average molecular weight is 249 g/mol. The predicted molar refractivity (Wildman–Crippen MR) is 71.3 cm³/mol. The predicted octanol–water partition coefficient (Wildman–Crippen LogP) is 2.17.